The van der Waals surface area contributed by atoms with Crippen molar-refractivity contribution in [2.24, 2.45) is 0 Å². The van der Waals surface area contributed by atoms with E-state index in [-0.39, 0.29) is 17.5 Å². The molecule has 4 rings (SSSR count). The summed E-state index contributed by atoms with van der Waals surface area (Å²) in [6.45, 7) is 1.44. The first-order chi connectivity index (χ1) is 10.8. The van der Waals surface area contributed by atoms with Crippen LogP contribution in [0.2, 0.25) is 0 Å². The minimum absolute atomic E-state index is 0.137. The Morgan fingerprint density at radius 1 is 1.32 bits per heavy atom. The van der Waals surface area contributed by atoms with Gasteiger partial charge in [-0.3, -0.25) is 10.1 Å². The molecule has 2 fully saturated rings. The van der Waals surface area contributed by atoms with E-state index in [1.165, 1.54) is 12.8 Å². The van der Waals surface area contributed by atoms with Gasteiger partial charge in [-0.05, 0) is 25.7 Å². The van der Waals surface area contributed by atoms with Crippen molar-refractivity contribution in [2.75, 3.05) is 13.2 Å². The summed E-state index contributed by atoms with van der Waals surface area (Å²) in [7, 11) is 0. The lowest BCUT2D eigenvalue weighted by Gasteiger charge is -2.43. The molecule has 1 aromatic heterocycles. The molecule has 1 spiro atoms. The zero-order chi connectivity index (χ0) is 15.0. The van der Waals surface area contributed by atoms with E-state index in [2.05, 4.69) is 20.6 Å². The van der Waals surface area contributed by atoms with Crippen LogP contribution in [-0.2, 0) is 21.5 Å². The Morgan fingerprint density at radius 2 is 2.09 bits per heavy atom. The van der Waals surface area contributed by atoms with Crippen LogP contribution in [0, 0.1) is 0 Å². The maximum absolute atomic E-state index is 12.7. The number of nitrogens with zero attached hydrogens (tertiary/aromatic N) is 1. The maximum atomic E-state index is 12.7. The summed E-state index contributed by atoms with van der Waals surface area (Å²) in [6, 6.07) is 0.190. The average molecular weight is 304 g/mol. The van der Waals surface area contributed by atoms with Gasteiger partial charge in [-0.2, -0.15) is 0 Å². The number of amides is 1. The van der Waals surface area contributed by atoms with Crippen molar-refractivity contribution in [3.63, 3.8) is 0 Å². The third-order valence-electron chi connectivity index (χ3n) is 5.39. The first-order valence-electron chi connectivity index (χ1n) is 8.45. The molecule has 0 bridgehead atoms. The molecule has 6 nitrogen and oxygen atoms in total. The summed E-state index contributed by atoms with van der Waals surface area (Å²) in [5.41, 5.74) is 1.98. The van der Waals surface area contributed by atoms with E-state index in [1.54, 1.807) is 6.33 Å². The monoisotopic (exact) mass is 304 g/mol. The van der Waals surface area contributed by atoms with Crippen molar-refractivity contribution in [1.82, 2.24) is 20.6 Å². The van der Waals surface area contributed by atoms with Gasteiger partial charge in [0.25, 0.3) is 0 Å². The molecule has 1 saturated carbocycles. The van der Waals surface area contributed by atoms with E-state index in [4.69, 9.17) is 4.74 Å². The number of rotatable bonds is 2. The second kappa shape index (κ2) is 5.66. The molecule has 3 N–H and O–H groups in total. The molecule has 0 radical (unpaired) electrons. The number of imidazole rings is 1. The number of carbonyl (C=O) groups excluding carboxylic acids is 1. The molecule has 6 heteroatoms. The van der Waals surface area contributed by atoms with Gasteiger partial charge >= 0.3 is 0 Å². The predicted molar refractivity (Wildman–Crippen MR) is 81.3 cm³/mol. The SMILES string of the molecule is O=C(NC1CCCC1)[C@@H]1Cc2[nH]cnc2C2(CCOCC2)N1. The topological polar surface area (TPSA) is 79.0 Å². The van der Waals surface area contributed by atoms with Gasteiger partial charge in [0.2, 0.25) is 5.91 Å². The second-order valence-corrected chi connectivity index (χ2v) is 6.82. The number of hydrogen-bond donors (Lipinski definition) is 3. The standard InChI is InChI=1S/C16H24N4O2/c21-15(19-11-3-1-2-4-11)13-9-12-14(18-10-17-12)16(20-13)5-7-22-8-6-16/h10-11,13,20H,1-9H2,(H,17,18)(H,19,21)/t13-/m0/s1. The molecule has 1 aromatic rings. The minimum Gasteiger partial charge on any atom is -0.381 e. The Hall–Kier alpha value is -1.40. The van der Waals surface area contributed by atoms with E-state index in [0.29, 0.717) is 12.5 Å². The Balaban J connectivity index is 1.54. The molecule has 3 aliphatic rings. The lowest BCUT2D eigenvalue weighted by molar-refractivity contribution is -0.125. The van der Waals surface area contributed by atoms with Crippen LogP contribution in [0.1, 0.15) is 49.9 Å². The fourth-order valence-corrected chi connectivity index (χ4v) is 4.18. The highest BCUT2D eigenvalue weighted by atomic mass is 16.5. The molecule has 3 heterocycles. The summed E-state index contributed by atoms with van der Waals surface area (Å²) in [6.07, 6.45) is 8.89. The first kappa shape index (κ1) is 14.2. The van der Waals surface area contributed by atoms with Gasteiger partial charge in [-0.1, -0.05) is 12.8 Å². The molecule has 1 amide bonds. The third kappa shape index (κ3) is 2.44. The normalized spacial score (nSPS) is 27.7. The number of fused-ring (bicyclic) bond motifs is 2. The zero-order valence-corrected chi connectivity index (χ0v) is 12.9. The van der Waals surface area contributed by atoms with Crippen LogP contribution in [0.15, 0.2) is 6.33 Å². The maximum Gasteiger partial charge on any atom is 0.237 e. The van der Waals surface area contributed by atoms with Gasteiger partial charge in [0.1, 0.15) is 0 Å². The van der Waals surface area contributed by atoms with Crippen LogP contribution in [0.3, 0.4) is 0 Å². The van der Waals surface area contributed by atoms with Crippen molar-refractivity contribution >= 4 is 5.91 Å². The number of ether oxygens (including phenoxy) is 1. The summed E-state index contributed by atoms with van der Waals surface area (Å²) in [5.74, 6) is 0.137. The molecule has 2 aliphatic heterocycles. The van der Waals surface area contributed by atoms with Crippen molar-refractivity contribution in [2.45, 2.75) is 62.6 Å². The van der Waals surface area contributed by atoms with E-state index < -0.39 is 0 Å². The highest BCUT2D eigenvalue weighted by molar-refractivity contribution is 5.83. The first-order valence-corrected chi connectivity index (χ1v) is 8.45. The number of aromatic amines is 1. The van der Waals surface area contributed by atoms with Gasteiger partial charge in [0, 0.05) is 31.4 Å². The molecule has 120 valence electrons. The van der Waals surface area contributed by atoms with Gasteiger partial charge in [-0.25, -0.2) is 4.98 Å². The Labute approximate surface area is 130 Å². The molecule has 1 aliphatic carbocycles. The quantitative estimate of drug-likeness (QED) is 0.761. The fraction of sp³-hybridized carbons (Fsp3) is 0.750. The van der Waals surface area contributed by atoms with Crippen LogP contribution in [0.5, 0.6) is 0 Å². The summed E-state index contributed by atoms with van der Waals surface area (Å²) >= 11 is 0. The lowest BCUT2D eigenvalue weighted by Crippen LogP contribution is -2.60. The summed E-state index contributed by atoms with van der Waals surface area (Å²) in [4.78, 5) is 20.4. The summed E-state index contributed by atoms with van der Waals surface area (Å²) < 4.78 is 5.51. The van der Waals surface area contributed by atoms with Crippen molar-refractivity contribution in [3.05, 3.63) is 17.7 Å². The van der Waals surface area contributed by atoms with Gasteiger partial charge < -0.3 is 15.0 Å². The molecular formula is C16H24N4O2. The van der Waals surface area contributed by atoms with Gasteiger partial charge in [0.15, 0.2) is 0 Å². The van der Waals surface area contributed by atoms with Crippen LogP contribution < -0.4 is 10.6 Å². The average Bonchev–Trinajstić information content (AvgIpc) is 3.19. The Kier molecular flexibility index (Phi) is 3.66. The Morgan fingerprint density at radius 3 is 2.86 bits per heavy atom. The molecular weight excluding hydrogens is 280 g/mol. The predicted octanol–water partition coefficient (Wildman–Crippen LogP) is 0.988. The van der Waals surface area contributed by atoms with E-state index in [0.717, 1.165) is 50.3 Å². The zero-order valence-electron chi connectivity index (χ0n) is 12.9. The van der Waals surface area contributed by atoms with Gasteiger partial charge in [0.05, 0.1) is 23.6 Å². The van der Waals surface area contributed by atoms with E-state index >= 15 is 0 Å². The Bertz CT molecular complexity index is 544. The number of nitrogens with one attached hydrogen (secondary N) is 3. The van der Waals surface area contributed by atoms with Crippen LogP contribution >= 0.6 is 0 Å². The van der Waals surface area contributed by atoms with Crippen molar-refractivity contribution in [1.29, 1.82) is 0 Å². The lowest BCUT2D eigenvalue weighted by atomic mass is 9.80. The van der Waals surface area contributed by atoms with E-state index in [9.17, 15) is 4.79 Å². The smallest absolute Gasteiger partial charge is 0.237 e. The highest BCUT2D eigenvalue weighted by Gasteiger charge is 2.45. The highest BCUT2D eigenvalue weighted by Crippen LogP contribution is 2.36. The van der Waals surface area contributed by atoms with Crippen molar-refractivity contribution in [3.8, 4) is 0 Å². The van der Waals surface area contributed by atoms with Crippen molar-refractivity contribution < 1.29 is 9.53 Å². The number of H-pyrrole nitrogens is 1. The largest absolute Gasteiger partial charge is 0.381 e. The minimum atomic E-state index is -0.205. The number of aromatic nitrogens is 2. The molecule has 1 saturated heterocycles. The number of hydrogen-bond acceptors (Lipinski definition) is 4. The van der Waals surface area contributed by atoms with E-state index in [1.807, 2.05) is 0 Å². The van der Waals surface area contributed by atoms with Crippen LogP contribution in [0.25, 0.3) is 0 Å². The van der Waals surface area contributed by atoms with Crippen LogP contribution in [-0.4, -0.2) is 41.2 Å². The second-order valence-electron chi connectivity index (χ2n) is 6.82. The third-order valence-corrected chi connectivity index (χ3v) is 5.39. The molecule has 1 atom stereocenters. The summed E-state index contributed by atoms with van der Waals surface area (Å²) in [5, 5.41) is 6.84. The molecule has 22 heavy (non-hydrogen) atoms. The number of carbonyl (C=O) groups is 1. The molecule has 0 aromatic carbocycles. The fourth-order valence-electron chi connectivity index (χ4n) is 4.18. The molecule has 0 unspecified atom stereocenters. The van der Waals surface area contributed by atoms with Crippen LogP contribution in [0.4, 0.5) is 0 Å². The van der Waals surface area contributed by atoms with Gasteiger partial charge in [-0.15, -0.1) is 0 Å².